The Balaban J connectivity index is 2.63. The molecule has 1 atom stereocenters. The molecular weight excluding hydrogens is 195 g/mol. The quantitative estimate of drug-likeness (QED) is 0.822. The van der Waals surface area contributed by atoms with Crippen LogP contribution in [-0.4, -0.2) is 15.7 Å². The molecule has 2 N–H and O–H groups in total. The maximum Gasteiger partial charge on any atom is 0.390 e. The molecule has 6 heteroatoms. The second kappa shape index (κ2) is 4.00. The lowest BCUT2D eigenvalue weighted by Crippen LogP contribution is -2.16. The zero-order chi connectivity index (χ0) is 10.8. The fourth-order valence-electron chi connectivity index (χ4n) is 1.14. The zero-order valence-electron chi connectivity index (χ0n) is 7.75. The summed E-state index contributed by atoms with van der Waals surface area (Å²) in [6.07, 6.45) is -2.14. The number of rotatable bonds is 3. The van der Waals surface area contributed by atoms with E-state index in [0.29, 0.717) is 5.69 Å². The first-order valence-electron chi connectivity index (χ1n) is 4.22. The number of hydrogen-bond acceptors (Lipinski definition) is 2. The summed E-state index contributed by atoms with van der Waals surface area (Å²) in [4.78, 5) is 3.76. The van der Waals surface area contributed by atoms with Gasteiger partial charge in [-0.3, -0.25) is 0 Å². The first-order chi connectivity index (χ1) is 6.40. The van der Waals surface area contributed by atoms with Crippen LogP contribution in [0, 0.1) is 0 Å². The van der Waals surface area contributed by atoms with E-state index in [-0.39, 0.29) is 12.6 Å². The van der Waals surface area contributed by atoms with Crippen LogP contribution >= 0.6 is 0 Å². The second-order valence-corrected chi connectivity index (χ2v) is 3.17. The Bertz CT molecular complexity index is 290. The fraction of sp³-hybridized carbons (Fsp3) is 0.625. The third-order valence-electron chi connectivity index (χ3n) is 1.85. The highest BCUT2D eigenvalue weighted by Gasteiger charge is 2.27. The molecule has 3 nitrogen and oxygen atoms in total. The molecule has 1 heterocycles. The smallest absolute Gasteiger partial charge is 0.333 e. The molecule has 0 saturated heterocycles. The number of nitrogens with zero attached hydrogens (tertiary/aromatic N) is 2. The van der Waals surface area contributed by atoms with E-state index in [4.69, 9.17) is 5.73 Å². The first-order valence-corrected chi connectivity index (χ1v) is 4.22. The largest absolute Gasteiger partial charge is 0.390 e. The highest BCUT2D eigenvalue weighted by molar-refractivity contribution is 5.02. The minimum atomic E-state index is -4.14. The van der Waals surface area contributed by atoms with E-state index < -0.39 is 12.6 Å². The van der Waals surface area contributed by atoms with Gasteiger partial charge in [0.1, 0.15) is 0 Å². The predicted molar refractivity (Wildman–Crippen MR) is 45.5 cm³/mol. The van der Waals surface area contributed by atoms with Gasteiger partial charge in [-0.05, 0) is 6.92 Å². The molecule has 0 radical (unpaired) electrons. The number of alkyl halides is 3. The van der Waals surface area contributed by atoms with Crippen molar-refractivity contribution >= 4 is 0 Å². The molecule has 0 fully saturated rings. The van der Waals surface area contributed by atoms with Gasteiger partial charge in [-0.25, -0.2) is 4.98 Å². The zero-order valence-corrected chi connectivity index (χ0v) is 7.75. The van der Waals surface area contributed by atoms with E-state index in [1.165, 1.54) is 17.1 Å². The van der Waals surface area contributed by atoms with Crippen LogP contribution in [0.15, 0.2) is 12.5 Å². The highest BCUT2D eigenvalue weighted by atomic mass is 19.4. The number of nitrogens with two attached hydrogens (primary N) is 1. The maximum atomic E-state index is 11.9. The van der Waals surface area contributed by atoms with Gasteiger partial charge in [0.05, 0.1) is 18.4 Å². The Morgan fingerprint density at radius 3 is 2.71 bits per heavy atom. The third kappa shape index (κ3) is 3.02. The summed E-state index contributed by atoms with van der Waals surface area (Å²) in [5.41, 5.74) is 6.18. The van der Waals surface area contributed by atoms with E-state index in [0.717, 1.165) is 0 Å². The Labute approximate surface area is 79.7 Å². The van der Waals surface area contributed by atoms with Crippen LogP contribution in [0.1, 0.15) is 25.1 Å². The number of aromatic nitrogens is 2. The fourth-order valence-corrected chi connectivity index (χ4v) is 1.14. The average molecular weight is 207 g/mol. The first kappa shape index (κ1) is 11.0. The van der Waals surface area contributed by atoms with Gasteiger partial charge < -0.3 is 10.3 Å². The van der Waals surface area contributed by atoms with Crippen molar-refractivity contribution in [2.24, 2.45) is 5.73 Å². The lowest BCUT2D eigenvalue weighted by molar-refractivity contribution is -0.136. The summed E-state index contributed by atoms with van der Waals surface area (Å²) in [6.45, 7) is 1.58. The molecule has 0 amide bonds. The van der Waals surface area contributed by atoms with Crippen molar-refractivity contribution in [3.63, 3.8) is 0 Å². The molecule has 0 aliphatic rings. The summed E-state index contributed by atoms with van der Waals surface area (Å²) < 4.78 is 37.2. The van der Waals surface area contributed by atoms with Gasteiger partial charge in [0, 0.05) is 18.8 Å². The molecular formula is C8H12F3N3. The summed E-state index contributed by atoms with van der Waals surface area (Å²) in [6, 6.07) is -0.300. The van der Waals surface area contributed by atoms with Crippen LogP contribution in [-0.2, 0) is 6.54 Å². The van der Waals surface area contributed by atoms with E-state index >= 15 is 0 Å². The summed E-state index contributed by atoms with van der Waals surface area (Å²) in [7, 11) is 0. The number of hydrogen-bond donors (Lipinski definition) is 1. The lowest BCUT2D eigenvalue weighted by atomic mass is 10.2. The van der Waals surface area contributed by atoms with Gasteiger partial charge in [-0.1, -0.05) is 0 Å². The van der Waals surface area contributed by atoms with Crippen molar-refractivity contribution < 1.29 is 13.2 Å². The Morgan fingerprint density at radius 1 is 1.57 bits per heavy atom. The molecule has 0 aliphatic carbocycles. The molecule has 80 valence electrons. The van der Waals surface area contributed by atoms with E-state index in [9.17, 15) is 13.2 Å². The van der Waals surface area contributed by atoms with Crippen LogP contribution in [0.4, 0.5) is 13.2 Å². The molecule has 0 bridgehead atoms. The topological polar surface area (TPSA) is 43.8 Å². The molecule has 0 aliphatic heterocycles. The van der Waals surface area contributed by atoms with Crippen molar-refractivity contribution in [3.05, 3.63) is 18.2 Å². The molecule has 0 unspecified atom stereocenters. The van der Waals surface area contributed by atoms with Gasteiger partial charge in [0.15, 0.2) is 0 Å². The van der Waals surface area contributed by atoms with Gasteiger partial charge in [-0.15, -0.1) is 0 Å². The van der Waals surface area contributed by atoms with E-state index in [1.807, 2.05) is 0 Å². The average Bonchev–Trinajstić information content (AvgIpc) is 2.46. The molecule has 0 saturated carbocycles. The Kier molecular flexibility index (Phi) is 3.15. The van der Waals surface area contributed by atoms with Crippen molar-refractivity contribution in [1.82, 2.24) is 9.55 Å². The van der Waals surface area contributed by atoms with Crippen molar-refractivity contribution in [2.75, 3.05) is 0 Å². The number of imidazole rings is 1. The van der Waals surface area contributed by atoms with Gasteiger partial charge >= 0.3 is 6.18 Å². The monoisotopic (exact) mass is 207 g/mol. The standard InChI is InChI=1S/C8H12F3N3/c1-6(12)7-4-13-5-14(7)3-2-8(9,10)11/h4-6H,2-3,12H2,1H3/t6-/m0/s1. The molecule has 1 aromatic heterocycles. The van der Waals surface area contributed by atoms with Crippen molar-refractivity contribution in [3.8, 4) is 0 Å². The minimum Gasteiger partial charge on any atom is -0.333 e. The molecule has 14 heavy (non-hydrogen) atoms. The second-order valence-electron chi connectivity index (χ2n) is 3.17. The Hall–Kier alpha value is -1.04. The molecule has 1 aromatic rings. The van der Waals surface area contributed by atoms with Crippen LogP contribution in [0.2, 0.25) is 0 Å². The van der Waals surface area contributed by atoms with Crippen molar-refractivity contribution in [1.29, 1.82) is 0 Å². The van der Waals surface area contributed by atoms with Gasteiger partial charge in [-0.2, -0.15) is 13.2 Å². The van der Waals surface area contributed by atoms with Crippen molar-refractivity contribution in [2.45, 2.75) is 32.1 Å². The van der Waals surface area contributed by atoms with Crippen LogP contribution < -0.4 is 5.73 Å². The molecule has 0 spiro atoms. The number of aryl methyl sites for hydroxylation is 1. The summed E-state index contributed by atoms with van der Waals surface area (Å²) >= 11 is 0. The SMILES string of the molecule is C[C@H](N)c1cncn1CCC(F)(F)F. The van der Waals surface area contributed by atoms with Gasteiger partial charge in [0.25, 0.3) is 0 Å². The van der Waals surface area contributed by atoms with E-state index in [2.05, 4.69) is 4.98 Å². The number of halogens is 3. The summed E-state index contributed by atoms with van der Waals surface area (Å²) in [5, 5.41) is 0. The molecule has 0 aromatic carbocycles. The third-order valence-corrected chi connectivity index (χ3v) is 1.85. The predicted octanol–water partition coefficient (Wildman–Crippen LogP) is 1.86. The maximum absolute atomic E-state index is 11.9. The minimum absolute atomic E-state index is 0.125. The normalized spacial score (nSPS) is 14.4. The van der Waals surface area contributed by atoms with E-state index in [1.54, 1.807) is 6.92 Å². The van der Waals surface area contributed by atoms with Crippen LogP contribution in [0.5, 0.6) is 0 Å². The van der Waals surface area contributed by atoms with Crippen LogP contribution in [0.25, 0.3) is 0 Å². The van der Waals surface area contributed by atoms with Crippen LogP contribution in [0.3, 0.4) is 0 Å². The Morgan fingerprint density at radius 2 is 2.21 bits per heavy atom. The molecule has 1 rings (SSSR count). The lowest BCUT2D eigenvalue weighted by Gasteiger charge is -2.11. The summed E-state index contributed by atoms with van der Waals surface area (Å²) in [5.74, 6) is 0. The van der Waals surface area contributed by atoms with Gasteiger partial charge in [0.2, 0.25) is 0 Å². The highest BCUT2D eigenvalue weighted by Crippen LogP contribution is 2.21.